The van der Waals surface area contributed by atoms with Gasteiger partial charge in [0.2, 0.25) is 0 Å². The fourth-order valence-electron chi connectivity index (χ4n) is 2.66. The van der Waals surface area contributed by atoms with E-state index in [4.69, 9.17) is 9.47 Å². The monoisotopic (exact) mass is 267 g/mol. The number of carbonyl (C=O) groups excluding carboxylic acids is 1. The van der Waals surface area contributed by atoms with Crippen LogP contribution >= 0.6 is 11.3 Å². The van der Waals surface area contributed by atoms with E-state index in [0.717, 1.165) is 24.8 Å². The van der Waals surface area contributed by atoms with Gasteiger partial charge in [0.15, 0.2) is 0 Å². The van der Waals surface area contributed by atoms with Crippen molar-refractivity contribution >= 4 is 17.2 Å². The summed E-state index contributed by atoms with van der Waals surface area (Å²) in [5.41, 5.74) is 0.753. The van der Waals surface area contributed by atoms with E-state index < -0.39 is 0 Å². The molecule has 1 amide bonds. The van der Waals surface area contributed by atoms with Crippen LogP contribution in [0.3, 0.4) is 0 Å². The van der Waals surface area contributed by atoms with Gasteiger partial charge in [-0.2, -0.15) is 11.3 Å². The molecule has 5 heteroatoms. The number of nitrogens with one attached hydrogen (secondary N) is 1. The number of ether oxygens (including phenoxy) is 2. The van der Waals surface area contributed by atoms with E-state index in [1.807, 2.05) is 16.8 Å². The first-order valence-corrected chi connectivity index (χ1v) is 7.33. The highest BCUT2D eigenvalue weighted by Crippen LogP contribution is 2.27. The minimum absolute atomic E-state index is 0.0245. The lowest BCUT2D eigenvalue weighted by Gasteiger charge is -2.39. The summed E-state index contributed by atoms with van der Waals surface area (Å²) in [5, 5.41) is 6.88. The molecule has 1 aromatic heterocycles. The van der Waals surface area contributed by atoms with Crippen LogP contribution < -0.4 is 5.32 Å². The molecule has 2 aliphatic rings. The maximum absolute atomic E-state index is 12.0. The minimum Gasteiger partial charge on any atom is -0.373 e. The van der Waals surface area contributed by atoms with Gasteiger partial charge in [0.25, 0.3) is 5.91 Å². The molecule has 0 radical (unpaired) electrons. The lowest BCUT2D eigenvalue weighted by molar-refractivity contribution is -0.157. The standard InChI is InChI=1S/C13H17NO3S/c15-13(9-3-6-18-8-9)14-10-1-2-11-12(7-10)17-5-4-16-11/h3,6,8,10-12H,1-2,4-5,7H2,(H,14,15)/t10-,11+,12+/m1/s1. The van der Waals surface area contributed by atoms with Crippen LogP contribution in [-0.2, 0) is 9.47 Å². The van der Waals surface area contributed by atoms with E-state index in [0.29, 0.717) is 13.2 Å². The van der Waals surface area contributed by atoms with Crippen molar-refractivity contribution in [2.45, 2.75) is 37.5 Å². The van der Waals surface area contributed by atoms with Crippen LogP contribution in [0, 0.1) is 0 Å². The second-order valence-electron chi connectivity index (χ2n) is 4.81. The predicted octanol–water partition coefficient (Wildman–Crippen LogP) is 1.81. The van der Waals surface area contributed by atoms with Crippen molar-refractivity contribution in [2.75, 3.05) is 13.2 Å². The Kier molecular flexibility index (Phi) is 3.63. The zero-order valence-electron chi connectivity index (χ0n) is 10.1. The first-order valence-electron chi connectivity index (χ1n) is 6.39. The summed E-state index contributed by atoms with van der Waals surface area (Å²) in [7, 11) is 0. The molecule has 0 spiro atoms. The molecule has 98 valence electrons. The van der Waals surface area contributed by atoms with Gasteiger partial charge in [0.1, 0.15) is 0 Å². The lowest BCUT2D eigenvalue weighted by Crippen LogP contribution is -2.49. The third-order valence-electron chi connectivity index (χ3n) is 3.60. The van der Waals surface area contributed by atoms with E-state index >= 15 is 0 Å². The number of thiophene rings is 1. The highest BCUT2D eigenvalue weighted by molar-refractivity contribution is 7.08. The molecule has 1 saturated carbocycles. The summed E-state index contributed by atoms with van der Waals surface area (Å²) in [5.74, 6) is 0.0245. The zero-order valence-corrected chi connectivity index (χ0v) is 10.9. The van der Waals surface area contributed by atoms with Crippen molar-refractivity contribution in [3.63, 3.8) is 0 Å². The molecule has 0 aromatic carbocycles. The molecule has 1 saturated heterocycles. The van der Waals surface area contributed by atoms with Crippen LogP contribution in [0.15, 0.2) is 16.8 Å². The first-order chi connectivity index (χ1) is 8.83. The van der Waals surface area contributed by atoms with Gasteiger partial charge in [0.05, 0.1) is 25.4 Å². The summed E-state index contributed by atoms with van der Waals surface area (Å²) in [6.07, 6.45) is 3.19. The Hall–Kier alpha value is -0.910. The molecule has 3 rings (SSSR count). The van der Waals surface area contributed by atoms with E-state index in [2.05, 4.69) is 5.32 Å². The van der Waals surface area contributed by atoms with Gasteiger partial charge >= 0.3 is 0 Å². The number of amides is 1. The number of carbonyl (C=O) groups is 1. The third-order valence-corrected chi connectivity index (χ3v) is 4.28. The summed E-state index contributed by atoms with van der Waals surface area (Å²) >= 11 is 1.54. The van der Waals surface area contributed by atoms with E-state index in [-0.39, 0.29) is 24.2 Å². The van der Waals surface area contributed by atoms with Crippen molar-refractivity contribution < 1.29 is 14.3 Å². The van der Waals surface area contributed by atoms with Crippen LogP contribution in [0.5, 0.6) is 0 Å². The van der Waals surface area contributed by atoms with Gasteiger partial charge in [-0.3, -0.25) is 4.79 Å². The van der Waals surface area contributed by atoms with Gasteiger partial charge in [-0.25, -0.2) is 0 Å². The van der Waals surface area contributed by atoms with E-state index in [9.17, 15) is 4.79 Å². The van der Waals surface area contributed by atoms with Crippen LogP contribution in [0.2, 0.25) is 0 Å². The zero-order chi connectivity index (χ0) is 12.4. The molecule has 1 aliphatic carbocycles. The van der Waals surface area contributed by atoms with Crippen molar-refractivity contribution in [2.24, 2.45) is 0 Å². The second-order valence-corrected chi connectivity index (χ2v) is 5.59. The van der Waals surface area contributed by atoms with Crippen LogP contribution in [0.4, 0.5) is 0 Å². The van der Waals surface area contributed by atoms with Crippen molar-refractivity contribution in [3.8, 4) is 0 Å². The topological polar surface area (TPSA) is 47.6 Å². The summed E-state index contributed by atoms with van der Waals surface area (Å²) < 4.78 is 11.4. The molecule has 4 nitrogen and oxygen atoms in total. The third kappa shape index (κ3) is 2.58. The van der Waals surface area contributed by atoms with Gasteiger partial charge in [0, 0.05) is 17.0 Å². The second kappa shape index (κ2) is 5.38. The molecule has 0 unspecified atom stereocenters. The Bertz CT molecular complexity index is 406. The number of fused-ring (bicyclic) bond motifs is 1. The van der Waals surface area contributed by atoms with E-state index in [1.165, 1.54) is 0 Å². The maximum atomic E-state index is 12.0. The average Bonchev–Trinajstić information content (AvgIpc) is 2.92. The molecular weight excluding hydrogens is 250 g/mol. The molecule has 1 N–H and O–H groups in total. The fraction of sp³-hybridized carbons (Fsp3) is 0.615. The van der Waals surface area contributed by atoms with Crippen LogP contribution in [-0.4, -0.2) is 37.4 Å². The molecule has 1 aliphatic heterocycles. The van der Waals surface area contributed by atoms with Gasteiger partial charge in [-0.15, -0.1) is 0 Å². The largest absolute Gasteiger partial charge is 0.373 e. The van der Waals surface area contributed by atoms with Gasteiger partial charge < -0.3 is 14.8 Å². The first kappa shape index (κ1) is 12.1. The predicted molar refractivity (Wildman–Crippen MR) is 68.9 cm³/mol. The maximum Gasteiger partial charge on any atom is 0.252 e. The number of rotatable bonds is 2. The molecule has 18 heavy (non-hydrogen) atoms. The Balaban J connectivity index is 1.56. The normalized spacial score (nSPS) is 31.7. The smallest absolute Gasteiger partial charge is 0.252 e. The quantitative estimate of drug-likeness (QED) is 0.889. The minimum atomic E-state index is 0.0245. The Morgan fingerprint density at radius 1 is 1.28 bits per heavy atom. The van der Waals surface area contributed by atoms with Gasteiger partial charge in [-0.1, -0.05) is 0 Å². The molecular formula is C13H17NO3S. The Morgan fingerprint density at radius 3 is 2.89 bits per heavy atom. The lowest BCUT2D eigenvalue weighted by atomic mass is 9.89. The van der Waals surface area contributed by atoms with Crippen molar-refractivity contribution in [1.29, 1.82) is 0 Å². The molecule has 2 fully saturated rings. The summed E-state index contributed by atoms with van der Waals surface area (Å²) in [4.78, 5) is 12.0. The molecule has 0 bridgehead atoms. The van der Waals surface area contributed by atoms with Crippen molar-refractivity contribution in [3.05, 3.63) is 22.4 Å². The molecule has 1 aromatic rings. The Labute approximate surface area is 110 Å². The number of hydrogen-bond acceptors (Lipinski definition) is 4. The van der Waals surface area contributed by atoms with Crippen LogP contribution in [0.25, 0.3) is 0 Å². The summed E-state index contributed by atoms with van der Waals surface area (Å²) in [6, 6.07) is 2.06. The SMILES string of the molecule is O=C(N[C@@H]1CC[C@@H]2OCCO[C@H]2C1)c1ccsc1. The molecule has 2 heterocycles. The van der Waals surface area contributed by atoms with E-state index in [1.54, 1.807) is 11.3 Å². The highest BCUT2D eigenvalue weighted by atomic mass is 32.1. The average molecular weight is 267 g/mol. The Morgan fingerprint density at radius 2 is 2.11 bits per heavy atom. The summed E-state index contributed by atoms with van der Waals surface area (Å²) in [6.45, 7) is 1.37. The van der Waals surface area contributed by atoms with Crippen molar-refractivity contribution in [1.82, 2.24) is 5.32 Å². The molecule has 3 atom stereocenters. The highest BCUT2D eigenvalue weighted by Gasteiger charge is 2.34. The fourth-order valence-corrected chi connectivity index (χ4v) is 3.30. The van der Waals surface area contributed by atoms with Gasteiger partial charge in [-0.05, 0) is 30.7 Å². The van der Waals surface area contributed by atoms with Crippen LogP contribution in [0.1, 0.15) is 29.6 Å². The number of hydrogen-bond donors (Lipinski definition) is 1.